The van der Waals surface area contributed by atoms with Crippen LogP contribution in [0.4, 0.5) is 5.69 Å². The number of hydrogen-bond donors (Lipinski definition) is 2. The van der Waals surface area contributed by atoms with E-state index in [0.29, 0.717) is 16.2 Å². The van der Waals surface area contributed by atoms with E-state index in [0.717, 1.165) is 11.3 Å². The van der Waals surface area contributed by atoms with Crippen molar-refractivity contribution in [3.8, 4) is 0 Å². The highest BCUT2D eigenvalue weighted by Gasteiger charge is 2.04. The van der Waals surface area contributed by atoms with Crippen LogP contribution in [0.3, 0.4) is 0 Å². The average molecular weight is 243 g/mol. The second-order valence-corrected chi connectivity index (χ2v) is 4.48. The second-order valence-electron chi connectivity index (χ2n) is 3.69. The Morgan fingerprint density at radius 2 is 2.07 bits per heavy atom. The summed E-state index contributed by atoms with van der Waals surface area (Å²) in [5.74, 6) is 0. The summed E-state index contributed by atoms with van der Waals surface area (Å²) in [6, 6.07) is 6.13. The Morgan fingerprint density at radius 1 is 1.40 bits per heavy atom. The summed E-state index contributed by atoms with van der Waals surface area (Å²) in [4.78, 5) is 0. The van der Waals surface area contributed by atoms with Crippen molar-refractivity contribution >= 4 is 34.6 Å². The molecule has 0 aliphatic carbocycles. The minimum atomic E-state index is 0.314. The maximum absolute atomic E-state index is 6.12. The van der Waals surface area contributed by atoms with Crippen molar-refractivity contribution in [1.29, 1.82) is 0 Å². The molecule has 15 heavy (non-hydrogen) atoms. The first-order chi connectivity index (χ1) is 7.00. The van der Waals surface area contributed by atoms with E-state index >= 15 is 0 Å². The minimum Gasteiger partial charge on any atom is -0.360 e. The van der Waals surface area contributed by atoms with Crippen molar-refractivity contribution in [2.75, 3.05) is 5.32 Å². The van der Waals surface area contributed by atoms with E-state index in [9.17, 15) is 0 Å². The molecule has 0 amide bonds. The van der Waals surface area contributed by atoms with Gasteiger partial charge < -0.3 is 10.6 Å². The maximum atomic E-state index is 6.12. The summed E-state index contributed by atoms with van der Waals surface area (Å²) in [5.41, 5.74) is 1.88. The van der Waals surface area contributed by atoms with E-state index in [-0.39, 0.29) is 0 Å². The molecule has 0 bridgehead atoms. The van der Waals surface area contributed by atoms with Gasteiger partial charge in [0.05, 0.1) is 10.7 Å². The monoisotopic (exact) mass is 242 g/mol. The fourth-order valence-corrected chi connectivity index (χ4v) is 1.68. The number of anilines is 1. The molecular formula is C11H15ClN2S. The Bertz CT molecular complexity index is 364. The molecule has 1 aromatic carbocycles. The molecule has 0 aromatic heterocycles. The van der Waals surface area contributed by atoms with Gasteiger partial charge in [0, 0.05) is 6.04 Å². The van der Waals surface area contributed by atoms with Crippen molar-refractivity contribution in [3.63, 3.8) is 0 Å². The van der Waals surface area contributed by atoms with Crippen LogP contribution < -0.4 is 10.6 Å². The third-order valence-electron chi connectivity index (χ3n) is 1.86. The van der Waals surface area contributed by atoms with Gasteiger partial charge in [0.1, 0.15) is 0 Å². The molecule has 0 fully saturated rings. The summed E-state index contributed by atoms with van der Waals surface area (Å²) in [6.45, 7) is 6.03. The van der Waals surface area contributed by atoms with E-state index < -0.39 is 0 Å². The lowest BCUT2D eigenvalue weighted by Crippen LogP contribution is -2.33. The minimum absolute atomic E-state index is 0.314. The lowest BCUT2D eigenvalue weighted by molar-refractivity contribution is 0.739. The van der Waals surface area contributed by atoms with E-state index in [4.69, 9.17) is 23.8 Å². The summed E-state index contributed by atoms with van der Waals surface area (Å²) in [5, 5.41) is 7.48. The van der Waals surface area contributed by atoms with Crippen molar-refractivity contribution in [3.05, 3.63) is 28.8 Å². The van der Waals surface area contributed by atoms with E-state index in [1.54, 1.807) is 0 Å². The van der Waals surface area contributed by atoms with Crippen LogP contribution in [0.15, 0.2) is 18.2 Å². The predicted molar refractivity (Wildman–Crippen MR) is 70.7 cm³/mol. The van der Waals surface area contributed by atoms with Gasteiger partial charge in [-0.2, -0.15) is 0 Å². The first kappa shape index (κ1) is 12.3. The van der Waals surface area contributed by atoms with Gasteiger partial charge in [-0.25, -0.2) is 0 Å². The van der Waals surface area contributed by atoms with Crippen LogP contribution in [0.2, 0.25) is 5.02 Å². The van der Waals surface area contributed by atoms with Crippen molar-refractivity contribution in [2.24, 2.45) is 0 Å². The molecule has 0 heterocycles. The smallest absolute Gasteiger partial charge is 0.171 e. The van der Waals surface area contributed by atoms with Crippen LogP contribution >= 0.6 is 23.8 Å². The van der Waals surface area contributed by atoms with E-state index in [2.05, 4.69) is 10.6 Å². The Hall–Kier alpha value is -0.800. The topological polar surface area (TPSA) is 24.1 Å². The van der Waals surface area contributed by atoms with Gasteiger partial charge in [-0.1, -0.05) is 23.7 Å². The Kier molecular flexibility index (Phi) is 4.36. The van der Waals surface area contributed by atoms with Crippen LogP contribution in [-0.2, 0) is 0 Å². The largest absolute Gasteiger partial charge is 0.360 e. The number of hydrogen-bond acceptors (Lipinski definition) is 1. The van der Waals surface area contributed by atoms with Crippen LogP contribution in [0, 0.1) is 6.92 Å². The number of thiocarbonyl (C=S) groups is 1. The first-order valence-corrected chi connectivity index (χ1v) is 5.62. The summed E-state index contributed by atoms with van der Waals surface area (Å²) < 4.78 is 0. The highest BCUT2D eigenvalue weighted by atomic mass is 35.5. The predicted octanol–water partition coefficient (Wildman–Crippen LogP) is 3.34. The molecule has 0 spiro atoms. The zero-order chi connectivity index (χ0) is 11.4. The molecule has 0 saturated carbocycles. The van der Waals surface area contributed by atoms with Gasteiger partial charge >= 0.3 is 0 Å². The summed E-state index contributed by atoms with van der Waals surface area (Å²) in [7, 11) is 0. The highest BCUT2D eigenvalue weighted by Crippen LogP contribution is 2.24. The molecule has 2 N–H and O–H groups in total. The zero-order valence-corrected chi connectivity index (χ0v) is 10.7. The van der Waals surface area contributed by atoms with Gasteiger partial charge in [-0.3, -0.25) is 0 Å². The second kappa shape index (κ2) is 5.33. The third kappa shape index (κ3) is 3.68. The molecule has 4 heteroatoms. The van der Waals surface area contributed by atoms with Crippen LogP contribution in [0.1, 0.15) is 19.4 Å². The van der Waals surface area contributed by atoms with E-state index in [1.165, 1.54) is 0 Å². The van der Waals surface area contributed by atoms with Gasteiger partial charge in [0.2, 0.25) is 0 Å². The normalized spacial score (nSPS) is 10.2. The fraction of sp³-hybridized carbons (Fsp3) is 0.364. The quantitative estimate of drug-likeness (QED) is 0.778. The van der Waals surface area contributed by atoms with Crippen LogP contribution in [0.25, 0.3) is 0 Å². The van der Waals surface area contributed by atoms with Crippen molar-refractivity contribution in [2.45, 2.75) is 26.8 Å². The molecule has 0 radical (unpaired) electrons. The van der Waals surface area contributed by atoms with Crippen molar-refractivity contribution < 1.29 is 0 Å². The lowest BCUT2D eigenvalue weighted by Gasteiger charge is -2.14. The lowest BCUT2D eigenvalue weighted by atomic mass is 10.2. The maximum Gasteiger partial charge on any atom is 0.171 e. The Morgan fingerprint density at radius 3 is 2.67 bits per heavy atom. The van der Waals surface area contributed by atoms with Gasteiger partial charge in [-0.05, 0) is 44.6 Å². The Labute approximate surface area is 101 Å². The first-order valence-electron chi connectivity index (χ1n) is 4.83. The average Bonchev–Trinajstić information content (AvgIpc) is 2.11. The van der Waals surface area contributed by atoms with Gasteiger partial charge in [-0.15, -0.1) is 0 Å². The molecule has 0 unspecified atom stereocenters. The van der Waals surface area contributed by atoms with Crippen molar-refractivity contribution in [1.82, 2.24) is 5.32 Å². The molecular weight excluding hydrogens is 228 g/mol. The standard InChI is InChI=1S/C11H15ClN2S/c1-7(2)13-11(15)14-9-6-4-5-8(3)10(9)12/h4-7H,1-3H3,(H2,13,14,15). The number of benzene rings is 1. The molecule has 82 valence electrons. The molecule has 0 atom stereocenters. The molecule has 0 aliphatic heterocycles. The summed E-state index contributed by atoms with van der Waals surface area (Å²) in [6.07, 6.45) is 0. The molecule has 1 aromatic rings. The third-order valence-corrected chi connectivity index (χ3v) is 2.58. The molecule has 0 saturated heterocycles. The number of aryl methyl sites for hydroxylation is 1. The van der Waals surface area contributed by atoms with Crippen LogP contribution in [-0.4, -0.2) is 11.2 Å². The SMILES string of the molecule is Cc1cccc(NC(=S)NC(C)C)c1Cl. The number of nitrogens with one attached hydrogen (secondary N) is 2. The molecule has 1 rings (SSSR count). The fourth-order valence-electron chi connectivity index (χ4n) is 1.16. The molecule has 0 aliphatic rings. The number of halogens is 1. The van der Waals surface area contributed by atoms with E-state index in [1.807, 2.05) is 39.0 Å². The number of rotatable bonds is 2. The highest BCUT2D eigenvalue weighted by molar-refractivity contribution is 7.80. The Balaban J connectivity index is 2.73. The van der Waals surface area contributed by atoms with Gasteiger partial charge in [0.15, 0.2) is 5.11 Å². The van der Waals surface area contributed by atoms with Crippen LogP contribution in [0.5, 0.6) is 0 Å². The zero-order valence-electron chi connectivity index (χ0n) is 9.10. The molecule has 2 nitrogen and oxygen atoms in total. The summed E-state index contributed by atoms with van der Waals surface area (Å²) >= 11 is 11.3. The van der Waals surface area contributed by atoms with Gasteiger partial charge in [0.25, 0.3) is 0 Å².